The lowest BCUT2D eigenvalue weighted by Gasteiger charge is -2.32. The molecule has 1 heterocycles. The standard InChI is InChI=1S/C28H32ClN3O5/c1-17(30-27(35)37-28(2,3)4)24-31-22-12-8-11-21(29)23(22)25(33)32(24)19-13-15-20(16-14-19)36-26(34)18-9-6-5-7-10-18/h5-12,17,19-20H,13-16H2,1-4H3,(H,30,35)/t17-,19-,20-/m0/s1. The Kier molecular flexibility index (Phi) is 7.87. The molecule has 1 N–H and O–H groups in total. The van der Waals surface area contributed by atoms with E-state index in [4.69, 9.17) is 26.1 Å². The van der Waals surface area contributed by atoms with Crippen LogP contribution < -0.4 is 10.9 Å². The predicted molar refractivity (Wildman–Crippen MR) is 142 cm³/mol. The average molecular weight is 526 g/mol. The topological polar surface area (TPSA) is 99.5 Å². The quantitative estimate of drug-likeness (QED) is 0.411. The van der Waals surface area contributed by atoms with Crippen molar-refractivity contribution in [2.75, 3.05) is 0 Å². The summed E-state index contributed by atoms with van der Waals surface area (Å²) in [5.41, 5.74) is 0.0578. The maximum atomic E-state index is 13.7. The fourth-order valence-corrected chi connectivity index (χ4v) is 4.89. The van der Waals surface area contributed by atoms with E-state index < -0.39 is 17.7 Å². The smallest absolute Gasteiger partial charge is 0.408 e. The Labute approximate surface area is 220 Å². The maximum Gasteiger partial charge on any atom is 0.408 e. The minimum atomic E-state index is -0.663. The van der Waals surface area contributed by atoms with Gasteiger partial charge in [0.25, 0.3) is 5.56 Å². The summed E-state index contributed by atoms with van der Waals surface area (Å²) < 4.78 is 12.8. The van der Waals surface area contributed by atoms with Crippen molar-refractivity contribution in [3.05, 3.63) is 75.3 Å². The van der Waals surface area contributed by atoms with E-state index in [1.807, 2.05) is 6.07 Å². The van der Waals surface area contributed by atoms with Gasteiger partial charge in [-0.2, -0.15) is 0 Å². The van der Waals surface area contributed by atoms with Crippen molar-refractivity contribution in [3.8, 4) is 0 Å². The Bertz CT molecular complexity index is 1340. The summed E-state index contributed by atoms with van der Waals surface area (Å²) in [7, 11) is 0. The van der Waals surface area contributed by atoms with Gasteiger partial charge in [0.2, 0.25) is 0 Å². The number of ether oxygens (including phenoxy) is 2. The number of hydrogen-bond acceptors (Lipinski definition) is 6. The molecule has 4 rings (SSSR count). The first kappa shape index (κ1) is 26.7. The van der Waals surface area contributed by atoms with E-state index in [1.54, 1.807) is 74.7 Å². The summed E-state index contributed by atoms with van der Waals surface area (Å²) in [6, 6.07) is 13.2. The van der Waals surface area contributed by atoms with Crippen LogP contribution in [0.15, 0.2) is 53.3 Å². The van der Waals surface area contributed by atoms with Crippen molar-refractivity contribution in [1.82, 2.24) is 14.9 Å². The number of nitrogens with zero attached hydrogens (tertiary/aromatic N) is 2. The molecule has 196 valence electrons. The Morgan fingerprint density at radius 2 is 1.73 bits per heavy atom. The summed E-state index contributed by atoms with van der Waals surface area (Å²) in [4.78, 5) is 43.5. The van der Waals surface area contributed by atoms with E-state index in [0.717, 1.165) is 0 Å². The van der Waals surface area contributed by atoms with Crippen LogP contribution in [0.5, 0.6) is 0 Å². The average Bonchev–Trinajstić information content (AvgIpc) is 2.84. The second kappa shape index (κ2) is 10.9. The van der Waals surface area contributed by atoms with Gasteiger partial charge in [0.15, 0.2) is 0 Å². The van der Waals surface area contributed by atoms with Gasteiger partial charge in [-0.3, -0.25) is 9.36 Å². The number of benzene rings is 2. The highest BCUT2D eigenvalue weighted by Gasteiger charge is 2.30. The summed E-state index contributed by atoms with van der Waals surface area (Å²) in [5.74, 6) is 0.0756. The first-order valence-corrected chi connectivity index (χ1v) is 12.9. The van der Waals surface area contributed by atoms with Gasteiger partial charge in [-0.15, -0.1) is 0 Å². The highest BCUT2D eigenvalue weighted by molar-refractivity contribution is 6.35. The molecule has 9 heteroatoms. The molecule has 1 atom stereocenters. The van der Waals surface area contributed by atoms with E-state index in [0.29, 0.717) is 53.0 Å². The molecule has 1 amide bonds. The number of amides is 1. The Balaban J connectivity index is 1.59. The van der Waals surface area contributed by atoms with Crippen LogP contribution in [0, 0.1) is 0 Å². The van der Waals surface area contributed by atoms with Crippen LogP contribution in [0.2, 0.25) is 5.02 Å². The third-order valence-corrected chi connectivity index (χ3v) is 6.63. The molecule has 1 saturated carbocycles. The number of hydrogen-bond donors (Lipinski definition) is 1. The van der Waals surface area contributed by atoms with Crippen molar-refractivity contribution in [3.63, 3.8) is 0 Å². The summed E-state index contributed by atoms with van der Waals surface area (Å²) in [6.45, 7) is 7.12. The third-order valence-electron chi connectivity index (χ3n) is 6.32. The first-order valence-electron chi connectivity index (χ1n) is 12.5. The van der Waals surface area contributed by atoms with Gasteiger partial charge < -0.3 is 14.8 Å². The molecule has 37 heavy (non-hydrogen) atoms. The monoisotopic (exact) mass is 525 g/mol. The van der Waals surface area contributed by atoms with E-state index in [1.165, 1.54) is 0 Å². The zero-order valence-corrected chi connectivity index (χ0v) is 22.2. The number of aromatic nitrogens is 2. The largest absolute Gasteiger partial charge is 0.459 e. The van der Waals surface area contributed by atoms with Gasteiger partial charge in [-0.1, -0.05) is 35.9 Å². The Hall–Kier alpha value is -3.39. The zero-order chi connectivity index (χ0) is 26.7. The first-order chi connectivity index (χ1) is 17.5. The normalized spacial score (nSPS) is 18.7. The second-order valence-corrected chi connectivity index (χ2v) is 10.8. The molecule has 2 aromatic carbocycles. The lowest BCUT2D eigenvalue weighted by atomic mass is 9.92. The fourth-order valence-electron chi connectivity index (χ4n) is 4.64. The van der Waals surface area contributed by atoms with E-state index in [-0.39, 0.29) is 23.7 Å². The van der Waals surface area contributed by atoms with Gasteiger partial charge in [-0.05, 0) is 77.6 Å². The Morgan fingerprint density at radius 3 is 2.38 bits per heavy atom. The van der Waals surface area contributed by atoms with Gasteiger partial charge in [0.05, 0.1) is 27.5 Å². The maximum absolute atomic E-state index is 13.7. The van der Waals surface area contributed by atoms with Crippen LogP contribution in [-0.4, -0.2) is 33.3 Å². The second-order valence-electron chi connectivity index (χ2n) is 10.3. The molecule has 1 aliphatic rings. The molecular formula is C28H32ClN3O5. The molecular weight excluding hydrogens is 494 g/mol. The summed E-state index contributed by atoms with van der Waals surface area (Å²) in [6.07, 6.45) is 1.58. The van der Waals surface area contributed by atoms with Crippen LogP contribution in [0.3, 0.4) is 0 Å². The molecule has 0 bridgehead atoms. The third kappa shape index (κ3) is 6.31. The molecule has 0 radical (unpaired) electrons. The van der Waals surface area contributed by atoms with Crippen LogP contribution in [0.25, 0.3) is 10.9 Å². The van der Waals surface area contributed by atoms with Gasteiger partial charge in [-0.25, -0.2) is 14.6 Å². The molecule has 3 aromatic rings. The van der Waals surface area contributed by atoms with E-state index in [9.17, 15) is 14.4 Å². The molecule has 0 aliphatic heterocycles. The molecule has 0 unspecified atom stereocenters. The molecule has 0 saturated heterocycles. The van der Waals surface area contributed by atoms with Crippen molar-refractivity contribution in [1.29, 1.82) is 0 Å². The molecule has 8 nitrogen and oxygen atoms in total. The summed E-state index contributed by atoms with van der Waals surface area (Å²) >= 11 is 6.40. The molecule has 1 aromatic heterocycles. The van der Waals surface area contributed by atoms with Gasteiger partial charge in [0, 0.05) is 6.04 Å². The number of nitrogens with one attached hydrogen (secondary N) is 1. The van der Waals surface area contributed by atoms with Crippen molar-refractivity contribution in [2.45, 2.75) is 77.2 Å². The highest BCUT2D eigenvalue weighted by atomic mass is 35.5. The van der Waals surface area contributed by atoms with Crippen molar-refractivity contribution >= 4 is 34.6 Å². The van der Waals surface area contributed by atoms with E-state index >= 15 is 0 Å². The van der Waals surface area contributed by atoms with Crippen LogP contribution >= 0.6 is 11.6 Å². The lowest BCUT2D eigenvalue weighted by Crippen LogP contribution is -2.39. The van der Waals surface area contributed by atoms with Crippen LogP contribution in [0.1, 0.15) is 81.6 Å². The number of carbonyl (C=O) groups is 2. The number of carbonyl (C=O) groups excluding carboxylic acids is 2. The van der Waals surface area contributed by atoms with Gasteiger partial charge >= 0.3 is 12.1 Å². The number of halogens is 1. The lowest BCUT2D eigenvalue weighted by molar-refractivity contribution is 0.0168. The predicted octanol–water partition coefficient (Wildman–Crippen LogP) is 5.98. The Morgan fingerprint density at radius 1 is 1.05 bits per heavy atom. The molecule has 1 aliphatic carbocycles. The van der Waals surface area contributed by atoms with Gasteiger partial charge in [0.1, 0.15) is 17.5 Å². The van der Waals surface area contributed by atoms with Crippen LogP contribution in [0.4, 0.5) is 4.79 Å². The number of alkyl carbamates (subject to hydrolysis) is 1. The number of fused-ring (bicyclic) bond motifs is 1. The molecule has 0 spiro atoms. The van der Waals surface area contributed by atoms with Crippen LogP contribution in [-0.2, 0) is 9.47 Å². The minimum absolute atomic E-state index is 0.190. The molecule has 1 fully saturated rings. The number of rotatable bonds is 5. The number of esters is 1. The van der Waals surface area contributed by atoms with E-state index in [2.05, 4.69) is 5.32 Å². The van der Waals surface area contributed by atoms with Crippen molar-refractivity contribution < 1.29 is 19.1 Å². The highest BCUT2D eigenvalue weighted by Crippen LogP contribution is 2.32. The fraction of sp³-hybridized carbons (Fsp3) is 0.429. The minimum Gasteiger partial charge on any atom is -0.459 e. The SMILES string of the molecule is C[C@H](NC(=O)OC(C)(C)C)c1nc2cccc(Cl)c2c(=O)n1[C@H]1CC[C@H](OC(=O)c2ccccc2)CC1. The zero-order valence-electron chi connectivity index (χ0n) is 21.5. The van der Waals surface area contributed by atoms with Crippen molar-refractivity contribution in [2.24, 2.45) is 0 Å². The summed E-state index contributed by atoms with van der Waals surface area (Å²) in [5, 5.41) is 3.48.